The summed E-state index contributed by atoms with van der Waals surface area (Å²) in [5.74, 6) is -8.31. The molecule has 1 aromatic rings. The van der Waals surface area contributed by atoms with Gasteiger partial charge in [0.2, 0.25) is 11.8 Å². The zero-order chi connectivity index (χ0) is 87.0. The van der Waals surface area contributed by atoms with Gasteiger partial charge in [0.25, 0.3) is 0 Å². The molecule has 1 aliphatic heterocycles. The molecular weight excluding hydrogens is 1470 g/mol. The monoisotopic (exact) mass is 1620 g/mol. The van der Waals surface area contributed by atoms with Crippen LogP contribution in [-0.4, -0.2) is 308 Å². The second-order valence-corrected chi connectivity index (χ2v) is 37.2. The number of likely N-dealkylation sites (tertiary alicyclic amines) is 1. The SMILES string of the molecule is COC(=O)[C@H](CCCCNC(=O)[C@@H]1CN(Cc2ccccc2)C[C@H]1C(=O)NCCCC[C@@H](C(=O)OC)N(CCN(CC(=O)OC(C)(C)C)CC(=O)OC(C)(C)C)CCN(CC(=O)OC(C)(C)C)CC(=O)OC(C)(C)C)N(CCN(CC(=O)OC(C)(C)C)CC(=O)OC(C)(C)C)CCN(CC(=O)OC(C)(C)C)CC(=O)OC(C)(C)C. The van der Waals surface area contributed by atoms with Crippen molar-refractivity contribution >= 4 is 71.5 Å². The molecule has 0 unspecified atom stereocenters. The lowest BCUT2D eigenvalue weighted by atomic mass is 9.94. The van der Waals surface area contributed by atoms with Gasteiger partial charge in [0.05, 0.1) is 78.4 Å². The molecule has 31 nitrogen and oxygen atoms in total. The third-order valence-electron chi connectivity index (χ3n) is 16.5. The quantitative estimate of drug-likeness (QED) is 0.0379. The molecule has 2 amide bonds. The number of esters is 10. The van der Waals surface area contributed by atoms with Crippen LogP contribution in [0.1, 0.15) is 210 Å². The minimum Gasteiger partial charge on any atom is -0.468 e. The Hall–Kier alpha value is -7.42. The topological polar surface area (TPSA) is 344 Å². The number of ether oxygens (including phenoxy) is 10. The average Bonchev–Trinajstić information content (AvgIpc) is 1.67. The summed E-state index contributed by atoms with van der Waals surface area (Å²) >= 11 is 0. The number of carbonyl (C=O) groups excluding carboxylic acids is 12. The fourth-order valence-corrected chi connectivity index (χ4v) is 12.4. The summed E-state index contributed by atoms with van der Waals surface area (Å²) in [7, 11) is 2.51. The van der Waals surface area contributed by atoms with E-state index in [4.69, 9.17) is 47.4 Å². The molecule has 1 aliphatic rings. The van der Waals surface area contributed by atoms with Crippen LogP contribution in [0.4, 0.5) is 0 Å². The molecular formula is C83H143N9O22. The lowest BCUT2D eigenvalue weighted by Crippen LogP contribution is -2.51. The molecule has 1 aromatic carbocycles. The van der Waals surface area contributed by atoms with Crippen molar-refractivity contribution in [2.45, 2.75) is 268 Å². The second kappa shape index (κ2) is 47.1. The van der Waals surface area contributed by atoms with Gasteiger partial charge in [-0.15, -0.1) is 0 Å². The first-order valence-electron chi connectivity index (χ1n) is 39.9. The highest BCUT2D eigenvalue weighted by molar-refractivity contribution is 5.89. The molecule has 114 heavy (non-hydrogen) atoms. The van der Waals surface area contributed by atoms with Gasteiger partial charge in [-0.3, -0.25) is 91.8 Å². The largest absolute Gasteiger partial charge is 0.468 e. The minimum absolute atomic E-state index is 0.0359. The third kappa shape index (κ3) is 48.2. The van der Waals surface area contributed by atoms with E-state index in [1.54, 1.807) is 196 Å². The number of benzene rings is 1. The maximum absolute atomic E-state index is 14.6. The number of hydrogen-bond donors (Lipinski definition) is 2. The van der Waals surface area contributed by atoms with Crippen LogP contribution in [0.3, 0.4) is 0 Å². The first kappa shape index (κ1) is 103. The van der Waals surface area contributed by atoms with Gasteiger partial charge in [0.15, 0.2) is 0 Å². The van der Waals surface area contributed by atoms with E-state index in [2.05, 4.69) is 15.5 Å². The molecule has 2 N–H and O–H groups in total. The number of nitrogens with zero attached hydrogens (tertiary/aromatic N) is 7. The first-order chi connectivity index (χ1) is 52.3. The third-order valence-corrected chi connectivity index (χ3v) is 16.5. The van der Waals surface area contributed by atoms with Gasteiger partial charge < -0.3 is 58.0 Å². The zero-order valence-electron chi connectivity index (χ0n) is 73.9. The molecule has 0 bridgehead atoms. The standard InChI is InChI=1S/C83H143N9O22/c1-76(2,3)107-64(93)51-86(52-65(94)108-77(4,5)6)40-44-91(45-41-87(53-66(95)109-78(7,8)9)54-67(96)110-79(10,11)12)62(74(103)105-25)36-30-32-38-84-72(101)60-49-90(48-59-34-28-27-29-35-59)50-61(60)73(102)85-39-33-31-37-63(75(104)106-26)92(46-42-88(55-68(97)111-80(13,14)15)56-69(98)112-81(16,17)18)47-43-89(57-70(99)113-82(19,20)21)58-71(100)114-83(22,23)24/h27-29,34-35,60-63H,30-33,36-58H2,1-26H3,(H,84,101)(H,85,102)/t60-,61-,62+,63+/m1/s1. The minimum atomic E-state index is -0.962. The maximum atomic E-state index is 14.6. The predicted octanol–water partition coefficient (Wildman–Crippen LogP) is 6.94. The van der Waals surface area contributed by atoms with Gasteiger partial charge in [-0.2, -0.15) is 0 Å². The number of hydrogen-bond acceptors (Lipinski definition) is 29. The predicted molar refractivity (Wildman–Crippen MR) is 430 cm³/mol. The van der Waals surface area contributed by atoms with Crippen LogP contribution < -0.4 is 10.6 Å². The molecule has 0 aromatic heterocycles. The summed E-state index contributed by atoms with van der Waals surface area (Å²) in [5.41, 5.74) is -5.80. The summed E-state index contributed by atoms with van der Waals surface area (Å²) in [5, 5.41) is 6.14. The Balaban J connectivity index is 2.57. The maximum Gasteiger partial charge on any atom is 0.323 e. The molecule has 0 saturated carbocycles. The molecule has 1 heterocycles. The Morgan fingerprint density at radius 2 is 0.561 bits per heavy atom. The van der Waals surface area contributed by atoms with Gasteiger partial charge >= 0.3 is 59.7 Å². The number of nitrogens with one attached hydrogen (secondary N) is 2. The summed E-state index contributed by atoms with van der Waals surface area (Å²) in [4.78, 5) is 177. The molecule has 0 radical (unpaired) electrons. The summed E-state index contributed by atoms with van der Waals surface area (Å²) in [6.45, 7) is 40.6. The Morgan fingerprint density at radius 3 is 0.763 bits per heavy atom. The van der Waals surface area contributed by atoms with Gasteiger partial charge in [0.1, 0.15) is 56.9 Å². The number of amides is 2. The number of rotatable bonds is 46. The second-order valence-electron chi connectivity index (χ2n) is 37.2. The number of unbranched alkanes of at least 4 members (excludes halogenated alkanes) is 2. The van der Waals surface area contributed by atoms with Crippen LogP contribution in [-0.2, 0) is 111 Å². The van der Waals surface area contributed by atoms with Crippen molar-refractivity contribution in [2.75, 3.05) is 145 Å². The number of methoxy groups -OCH3 is 2. The summed E-state index contributed by atoms with van der Waals surface area (Å²) in [6, 6.07) is 7.75. The highest BCUT2D eigenvalue weighted by Gasteiger charge is 2.42. The normalized spacial score (nSPS) is 15.3. The van der Waals surface area contributed by atoms with Gasteiger partial charge in [-0.05, 0) is 210 Å². The Bertz CT molecular complexity index is 2780. The van der Waals surface area contributed by atoms with E-state index in [1.807, 2.05) is 30.3 Å². The van der Waals surface area contributed by atoms with Crippen molar-refractivity contribution in [1.82, 2.24) is 44.9 Å². The van der Waals surface area contributed by atoms with Crippen LogP contribution in [0.5, 0.6) is 0 Å². The van der Waals surface area contributed by atoms with E-state index < -0.39 is 128 Å². The van der Waals surface area contributed by atoms with Crippen LogP contribution >= 0.6 is 0 Å². The van der Waals surface area contributed by atoms with Crippen LogP contribution in [0.2, 0.25) is 0 Å². The summed E-state index contributed by atoms with van der Waals surface area (Å²) < 4.78 is 56.2. The number of carbonyl (C=O) groups is 12. The summed E-state index contributed by atoms with van der Waals surface area (Å²) in [6.07, 6.45) is 1.83. The average molecular weight is 1620 g/mol. The molecule has 31 heteroatoms. The van der Waals surface area contributed by atoms with Crippen molar-refractivity contribution in [3.63, 3.8) is 0 Å². The van der Waals surface area contributed by atoms with Crippen molar-refractivity contribution in [3.05, 3.63) is 35.9 Å². The molecule has 0 aliphatic carbocycles. The van der Waals surface area contributed by atoms with Crippen molar-refractivity contribution in [3.8, 4) is 0 Å². The van der Waals surface area contributed by atoms with Crippen LogP contribution in [0, 0.1) is 11.8 Å². The van der Waals surface area contributed by atoms with Gasteiger partial charge in [0, 0.05) is 85.1 Å². The molecule has 1 saturated heterocycles. The van der Waals surface area contributed by atoms with Crippen molar-refractivity contribution in [1.29, 1.82) is 0 Å². The fourth-order valence-electron chi connectivity index (χ4n) is 12.4. The lowest BCUT2D eigenvalue weighted by Gasteiger charge is -2.34. The molecule has 4 atom stereocenters. The smallest absolute Gasteiger partial charge is 0.323 e. The van der Waals surface area contributed by atoms with E-state index >= 15 is 0 Å². The van der Waals surface area contributed by atoms with E-state index in [0.29, 0.717) is 32.2 Å². The van der Waals surface area contributed by atoms with Crippen molar-refractivity contribution in [2.24, 2.45) is 11.8 Å². The lowest BCUT2D eigenvalue weighted by molar-refractivity contribution is -0.162. The molecule has 0 spiro atoms. The molecule has 1 fully saturated rings. The van der Waals surface area contributed by atoms with E-state index in [1.165, 1.54) is 14.2 Å². The van der Waals surface area contributed by atoms with E-state index in [9.17, 15) is 57.5 Å². The van der Waals surface area contributed by atoms with Gasteiger partial charge in [-0.1, -0.05) is 30.3 Å². The molecule has 652 valence electrons. The van der Waals surface area contributed by atoms with Gasteiger partial charge in [-0.25, -0.2) is 0 Å². The fraction of sp³-hybridized carbons (Fsp3) is 0.783. The highest BCUT2D eigenvalue weighted by atomic mass is 16.6. The Morgan fingerprint density at radius 1 is 0.342 bits per heavy atom. The zero-order valence-corrected chi connectivity index (χ0v) is 73.9. The van der Waals surface area contributed by atoms with Crippen LogP contribution in [0.25, 0.3) is 0 Å². The van der Waals surface area contributed by atoms with E-state index in [0.717, 1.165) is 5.56 Å². The van der Waals surface area contributed by atoms with E-state index in [-0.39, 0.29) is 156 Å². The highest BCUT2D eigenvalue weighted by Crippen LogP contribution is 2.27. The molecule has 2 rings (SSSR count). The Labute approximate surface area is 679 Å². The van der Waals surface area contributed by atoms with Crippen LogP contribution in [0.15, 0.2) is 30.3 Å². The Kier molecular flexibility index (Phi) is 42.4. The van der Waals surface area contributed by atoms with Crippen molar-refractivity contribution < 1.29 is 105 Å². The first-order valence-corrected chi connectivity index (χ1v) is 39.9.